The summed E-state index contributed by atoms with van der Waals surface area (Å²) < 4.78 is 0. The first kappa shape index (κ1) is 13.1. The van der Waals surface area contributed by atoms with Crippen molar-refractivity contribution in [1.82, 2.24) is 0 Å². The zero-order valence-electron chi connectivity index (χ0n) is 9.03. The van der Waals surface area contributed by atoms with Crippen molar-refractivity contribution >= 4 is 0 Å². The number of aliphatic hydroxyl groups excluding tert-OH is 2. The first-order chi connectivity index (χ1) is 6.88. The normalized spacial score (nSPS) is 9.14. The third-order valence-corrected chi connectivity index (χ3v) is 1.88. The van der Waals surface area contributed by atoms with E-state index in [0.717, 1.165) is 11.1 Å². The zero-order valence-corrected chi connectivity index (χ0v) is 9.03. The highest BCUT2D eigenvalue weighted by Gasteiger charge is 1.99. The van der Waals surface area contributed by atoms with E-state index in [2.05, 4.69) is 0 Å². The quantitative estimate of drug-likeness (QED) is 0.770. The van der Waals surface area contributed by atoms with Gasteiger partial charge < -0.3 is 10.2 Å². The van der Waals surface area contributed by atoms with E-state index in [1.807, 2.05) is 38.1 Å². The Bertz CT molecular complexity index is 209. The molecule has 14 heavy (non-hydrogen) atoms. The van der Waals surface area contributed by atoms with E-state index in [9.17, 15) is 0 Å². The van der Waals surface area contributed by atoms with Crippen LogP contribution >= 0.6 is 0 Å². The molecule has 0 aliphatic rings. The lowest BCUT2D eigenvalue weighted by Crippen LogP contribution is -1.99. The second-order valence-corrected chi connectivity index (χ2v) is 2.72. The molecule has 80 valence electrons. The van der Waals surface area contributed by atoms with E-state index < -0.39 is 0 Å². The summed E-state index contributed by atoms with van der Waals surface area (Å²) in [6, 6.07) is 7.88. The number of rotatable bonds is 4. The number of hydrogen-bond acceptors (Lipinski definition) is 2. The Labute approximate surface area is 86.2 Å². The van der Waals surface area contributed by atoms with E-state index in [1.165, 1.54) is 0 Å². The standard InChI is InChI=1S/C10H14O2.C2H6/c11-7-5-9-3-1-2-4-10(9)6-8-12;1-2/h1-4,11-12H,5-8H2;1-2H3. The smallest absolute Gasteiger partial charge is 0.0471 e. The van der Waals surface area contributed by atoms with Crippen LogP contribution < -0.4 is 0 Å². The van der Waals surface area contributed by atoms with E-state index in [4.69, 9.17) is 10.2 Å². The van der Waals surface area contributed by atoms with Crippen LogP contribution in [0.2, 0.25) is 0 Å². The monoisotopic (exact) mass is 196 g/mol. The van der Waals surface area contributed by atoms with Gasteiger partial charge in [-0.15, -0.1) is 0 Å². The lowest BCUT2D eigenvalue weighted by atomic mass is 10.0. The van der Waals surface area contributed by atoms with Gasteiger partial charge in [-0.2, -0.15) is 0 Å². The Balaban J connectivity index is 0.000000791. The Morgan fingerprint density at radius 1 is 0.857 bits per heavy atom. The number of hydrogen-bond donors (Lipinski definition) is 2. The van der Waals surface area contributed by atoms with Gasteiger partial charge in [-0.3, -0.25) is 0 Å². The van der Waals surface area contributed by atoms with Gasteiger partial charge in [0.1, 0.15) is 0 Å². The molecule has 1 aromatic rings. The van der Waals surface area contributed by atoms with Crippen LogP contribution in [0.4, 0.5) is 0 Å². The topological polar surface area (TPSA) is 40.5 Å². The molecule has 0 saturated carbocycles. The van der Waals surface area contributed by atoms with Crippen LogP contribution in [-0.2, 0) is 12.8 Å². The predicted molar refractivity (Wildman–Crippen MR) is 59.4 cm³/mol. The highest BCUT2D eigenvalue weighted by molar-refractivity contribution is 5.27. The van der Waals surface area contributed by atoms with Crippen LogP contribution in [0.15, 0.2) is 24.3 Å². The minimum absolute atomic E-state index is 0.169. The lowest BCUT2D eigenvalue weighted by molar-refractivity contribution is 0.293. The second-order valence-electron chi connectivity index (χ2n) is 2.72. The molecule has 0 aromatic heterocycles. The molecule has 0 unspecified atom stereocenters. The van der Waals surface area contributed by atoms with E-state index >= 15 is 0 Å². The van der Waals surface area contributed by atoms with Crippen LogP contribution in [0.3, 0.4) is 0 Å². The van der Waals surface area contributed by atoms with Crippen molar-refractivity contribution in [2.24, 2.45) is 0 Å². The molecule has 2 N–H and O–H groups in total. The van der Waals surface area contributed by atoms with Crippen LogP contribution in [0.1, 0.15) is 25.0 Å². The predicted octanol–water partition coefficient (Wildman–Crippen LogP) is 1.78. The molecular formula is C12H20O2. The Morgan fingerprint density at radius 2 is 1.21 bits per heavy atom. The van der Waals surface area contributed by atoms with Gasteiger partial charge >= 0.3 is 0 Å². The molecular weight excluding hydrogens is 176 g/mol. The second kappa shape index (κ2) is 8.73. The lowest BCUT2D eigenvalue weighted by Gasteiger charge is -2.05. The average molecular weight is 196 g/mol. The fourth-order valence-electron chi connectivity index (χ4n) is 1.29. The first-order valence-corrected chi connectivity index (χ1v) is 5.17. The maximum absolute atomic E-state index is 8.75. The summed E-state index contributed by atoms with van der Waals surface area (Å²) in [5.74, 6) is 0. The highest BCUT2D eigenvalue weighted by atomic mass is 16.3. The third-order valence-electron chi connectivity index (χ3n) is 1.88. The van der Waals surface area contributed by atoms with Crippen molar-refractivity contribution < 1.29 is 10.2 Å². The van der Waals surface area contributed by atoms with Gasteiger partial charge in [0.05, 0.1) is 0 Å². The molecule has 0 saturated heterocycles. The van der Waals surface area contributed by atoms with Gasteiger partial charge in [-0.25, -0.2) is 0 Å². The maximum Gasteiger partial charge on any atom is 0.0471 e. The molecule has 0 aliphatic heterocycles. The van der Waals surface area contributed by atoms with Gasteiger partial charge in [-0.05, 0) is 24.0 Å². The van der Waals surface area contributed by atoms with Gasteiger partial charge in [-0.1, -0.05) is 38.1 Å². The summed E-state index contributed by atoms with van der Waals surface area (Å²) in [6.45, 7) is 4.34. The molecule has 0 radical (unpaired) electrons. The van der Waals surface area contributed by atoms with Crippen molar-refractivity contribution in [2.45, 2.75) is 26.7 Å². The third kappa shape index (κ3) is 4.40. The molecule has 1 rings (SSSR count). The molecule has 0 heterocycles. The van der Waals surface area contributed by atoms with E-state index in [-0.39, 0.29) is 13.2 Å². The fourth-order valence-corrected chi connectivity index (χ4v) is 1.29. The van der Waals surface area contributed by atoms with Crippen molar-refractivity contribution in [3.05, 3.63) is 35.4 Å². The summed E-state index contributed by atoms with van der Waals surface area (Å²) in [6.07, 6.45) is 1.35. The molecule has 1 aromatic carbocycles. The summed E-state index contributed by atoms with van der Waals surface area (Å²) in [5, 5.41) is 17.5. The maximum atomic E-state index is 8.75. The van der Waals surface area contributed by atoms with Gasteiger partial charge in [0, 0.05) is 13.2 Å². The van der Waals surface area contributed by atoms with Crippen molar-refractivity contribution in [3.63, 3.8) is 0 Å². The summed E-state index contributed by atoms with van der Waals surface area (Å²) >= 11 is 0. The minimum Gasteiger partial charge on any atom is -0.396 e. The number of aliphatic hydroxyl groups is 2. The van der Waals surface area contributed by atoms with Gasteiger partial charge in [0.15, 0.2) is 0 Å². The minimum atomic E-state index is 0.169. The summed E-state index contributed by atoms with van der Waals surface area (Å²) in [4.78, 5) is 0. The summed E-state index contributed by atoms with van der Waals surface area (Å²) in [5.41, 5.74) is 2.27. The molecule has 0 aliphatic carbocycles. The molecule has 0 fully saturated rings. The molecule has 2 heteroatoms. The van der Waals surface area contributed by atoms with E-state index in [0.29, 0.717) is 12.8 Å². The molecule has 0 spiro atoms. The SMILES string of the molecule is CC.OCCc1ccccc1CCO. The van der Waals surface area contributed by atoms with Crippen LogP contribution in [0.5, 0.6) is 0 Å². The fraction of sp³-hybridized carbons (Fsp3) is 0.500. The molecule has 0 bridgehead atoms. The Morgan fingerprint density at radius 3 is 1.50 bits per heavy atom. The van der Waals surface area contributed by atoms with Crippen LogP contribution in [0, 0.1) is 0 Å². The molecule has 0 atom stereocenters. The van der Waals surface area contributed by atoms with E-state index in [1.54, 1.807) is 0 Å². The average Bonchev–Trinajstić information content (AvgIpc) is 2.25. The number of benzene rings is 1. The summed E-state index contributed by atoms with van der Waals surface area (Å²) in [7, 11) is 0. The Hall–Kier alpha value is -0.860. The van der Waals surface area contributed by atoms with Crippen molar-refractivity contribution in [3.8, 4) is 0 Å². The van der Waals surface area contributed by atoms with Gasteiger partial charge in [0.2, 0.25) is 0 Å². The van der Waals surface area contributed by atoms with Gasteiger partial charge in [0.25, 0.3) is 0 Å². The van der Waals surface area contributed by atoms with Crippen molar-refractivity contribution in [1.29, 1.82) is 0 Å². The van der Waals surface area contributed by atoms with Crippen LogP contribution in [-0.4, -0.2) is 23.4 Å². The Kier molecular flexibility index (Phi) is 8.19. The molecule has 2 nitrogen and oxygen atoms in total. The van der Waals surface area contributed by atoms with Crippen molar-refractivity contribution in [2.75, 3.05) is 13.2 Å². The first-order valence-electron chi connectivity index (χ1n) is 5.17. The highest BCUT2D eigenvalue weighted by Crippen LogP contribution is 2.09. The van der Waals surface area contributed by atoms with Crippen LogP contribution in [0.25, 0.3) is 0 Å². The zero-order chi connectivity index (χ0) is 10.8. The molecule has 0 amide bonds. The largest absolute Gasteiger partial charge is 0.396 e.